The molecule has 0 aliphatic rings. The van der Waals surface area contributed by atoms with Gasteiger partial charge in [0.25, 0.3) is 0 Å². The van der Waals surface area contributed by atoms with Crippen LogP contribution < -0.4 is 10.6 Å². The lowest BCUT2D eigenvalue weighted by Crippen LogP contribution is -2.18. The summed E-state index contributed by atoms with van der Waals surface area (Å²) < 4.78 is 0. The summed E-state index contributed by atoms with van der Waals surface area (Å²) in [7, 11) is 1.86. The third-order valence-electron chi connectivity index (χ3n) is 2.56. The number of nitrogens with zero attached hydrogens (tertiary/aromatic N) is 3. The van der Waals surface area contributed by atoms with Crippen LogP contribution in [0.2, 0.25) is 0 Å². The van der Waals surface area contributed by atoms with Gasteiger partial charge in [0.05, 0.1) is 6.54 Å². The van der Waals surface area contributed by atoms with Crippen molar-refractivity contribution in [2.75, 3.05) is 17.7 Å². The smallest absolute Gasteiger partial charge is 0.138 e. The summed E-state index contributed by atoms with van der Waals surface area (Å²) in [5.74, 6) is 2.46. The van der Waals surface area contributed by atoms with Crippen LogP contribution in [0.3, 0.4) is 0 Å². The van der Waals surface area contributed by atoms with Crippen LogP contribution >= 0.6 is 11.3 Å². The van der Waals surface area contributed by atoms with E-state index in [0.717, 1.165) is 22.5 Å². The van der Waals surface area contributed by atoms with Crippen LogP contribution in [0.15, 0.2) is 17.6 Å². The number of thiazole rings is 1. The highest BCUT2D eigenvalue weighted by Crippen LogP contribution is 2.22. The van der Waals surface area contributed by atoms with Crippen molar-refractivity contribution in [3.8, 4) is 0 Å². The first-order valence-electron chi connectivity index (χ1n) is 6.18. The minimum atomic E-state index is -0.0789. The van der Waals surface area contributed by atoms with Crippen LogP contribution in [0.4, 0.5) is 11.6 Å². The van der Waals surface area contributed by atoms with Gasteiger partial charge in [-0.05, 0) is 0 Å². The van der Waals surface area contributed by atoms with Crippen LogP contribution in [0.5, 0.6) is 0 Å². The van der Waals surface area contributed by atoms with Gasteiger partial charge in [-0.2, -0.15) is 0 Å². The number of hydrogen-bond donors (Lipinski definition) is 2. The van der Waals surface area contributed by atoms with Crippen molar-refractivity contribution in [3.05, 3.63) is 28.5 Å². The standard InChI is InChI=1S/C13H19N5S/c1-13(2,3)12-17-9(14-4)7-10(18-12)16-8-11-15-5-6-19-11/h5-7H,8H2,1-4H3,(H2,14,16,17,18). The minimum Gasteiger partial charge on any atom is -0.373 e. The van der Waals surface area contributed by atoms with Crippen molar-refractivity contribution in [2.24, 2.45) is 0 Å². The second kappa shape index (κ2) is 5.52. The number of anilines is 2. The Kier molecular flexibility index (Phi) is 3.99. The fourth-order valence-corrected chi connectivity index (χ4v) is 2.06. The Morgan fingerprint density at radius 1 is 1.21 bits per heavy atom. The Balaban J connectivity index is 2.19. The lowest BCUT2D eigenvalue weighted by atomic mass is 9.96. The summed E-state index contributed by atoms with van der Waals surface area (Å²) in [6.45, 7) is 6.99. The van der Waals surface area contributed by atoms with Gasteiger partial charge in [0, 0.05) is 30.1 Å². The Morgan fingerprint density at radius 3 is 2.53 bits per heavy atom. The molecule has 0 unspecified atom stereocenters. The third-order valence-corrected chi connectivity index (χ3v) is 3.34. The molecule has 0 fully saturated rings. The molecular formula is C13H19N5S. The Labute approximate surface area is 117 Å². The number of aromatic nitrogens is 3. The van der Waals surface area contributed by atoms with E-state index in [4.69, 9.17) is 0 Å². The van der Waals surface area contributed by atoms with E-state index in [1.165, 1.54) is 0 Å². The van der Waals surface area contributed by atoms with Gasteiger partial charge in [-0.1, -0.05) is 20.8 Å². The predicted molar refractivity (Wildman–Crippen MR) is 79.7 cm³/mol. The molecule has 0 saturated heterocycles. The molecule has 2 rings (SSSR count). The predicted octanol–water partition coefficient (Wildman–Crippen LogP) is 2.88. The van der Waals surface area contributed by atoms with Crippen molar-refractivity contribution in [1.29, 1.82) is 0 Å². The largest absolute Gasteiger partial charge is 0.373 e. The second-order valence-corrected chi connectivity index (χ2v) is 6.22. The summed E-state index contributed by atoms with van der Waals surface area (Å²) in [5, 5.41) is 9.37. The molecule has 2 aromatic heterocycles. The van der Waals surface area contributed by atoms with Crippen molar-refractivity contribution in [3.63, 3.8) is 0 Å². The van der Waals surface area contributed by atoms with Gasteiger partial charge in [0.2, 0.25) is 0 Å². The molecule has 102 valence electrons. The van der Waals surface area contributed by atoms with Crippen molar-refractivity contribution < 1.29 is 0 Å². The van der Waals surface area contributed by atoms with Crippen LogP contribution in [0, 0.1) is 0 Å². The van der Waals surface area contributed by atoms with E-state index in [1.807, 2.05) is 18.5 Å². The zero-order chi connectivity index (χ0) is 13.9. The molecule has 2 aromatic rings. The Morgan fingerprint density at radius 2 is 1.95 bits per heavy atom. The molecule has 0 aliphatic carbocycles. The molecule has 0 aliphatic heterocycles. The highest BCUT2D eigenvalue weighted by molar-refractivity contribution is 7.09. The number of hydrogen-bond acceptors (Lipinski definition) is 6. The van der Waals surface area contributed by atoms with Crippen LogP contribution in [0.1, 0.15) is 31.6 Å². The molecule has 0 radical (unpaired) electrons. The van der Waals surface area contributed by atoms with Crippen LogP contribution in [0.25, 0.3) is 0 Å². The van der Waals surface area contributed by atoms with Crippen LogP contribution in [-0.4, -0.2) is 22.0 Å². The monoisotopic (exact) mass is 277 g/mol. The van der Waals surface area contributed by atoms with E-state index in [2.05, 4.69) is 46.4 Å². The molecule has 19 heavy (non-hydrogen) atoms. The third kappa shape index (κ3) is 3.64. The maximum atomic E-state index is 4.57. The minimum absolute atomic E-state index is 0.0789. The van der Waals surface area contributed by atoms with E-state index in [-0.39, 0.29) is 5.41 Å². The number of nitrogens with one attached hydrogen (secondary N) is 2. The fraction of sp³-hybridized carbons (Fsp3) is 0.462. The van der Waals surface area contributed by atoms with Gasteiger partial charge in [0.1, 0.15) is 22.5 Å². The maximum Gasteiger partial charge on any atom is 0.138 e. The average molecular weight is 277 g/mol. The molecule has 2 N–H and O–H groups in total. The van der Waals surface area contributed by atoms with Crippen LogP contribution in [-0.2, 0) is 12.0 Å². The molecular weight excluding hydrogens is 258 g/mol. The lowest BCUT2D eigenvalue weighted by molar-refractivity contribution is 0.546. The molecule has 2 heterocycles. The summed E-state index contributed by atoms with van der Waals surface area (Å²) >= 11 is 1.63. The van der Waals surface area contributed by atoms with E-state index >= 15 is 0 Å². The molecule has 0 spiro atoms. The highest BCUT2D eigenvalue weighted by Gasteiger charge is 2.18. The molecule has 5 nitrogen and oxygen atoms in total. The molecule has 0 bridgehead atoms. The van der Waals surface area contributed by atoms with Gasteiger partial charge >= 0.3 is 0 Å². The summed E-state index contributed by atoms with van der Waals surface area (Å²) in [4.78, 5) is 13.3. The Hall–Kier alpha value is -1.69. The van der Waals surface area contributed by atoms with Gasteiger partial charge < -0.3 is 10.6 Å². The first kappa shape index (κ1) is 13.7. The van der Waals surface area contributed by atoms with E-state index < -0.39 is 0 Å². The van der Waals surface area contributed by atoms with E-state index in [9.17, 15) is 0 Å². The molecule has 0 amide bonds. The molecule has 6 heteroatoms. The topological polar surface area (TPSA) is 62.7 Å². The second-order valence-electron chi connectivity index (χ2n) is 5.24. The quantitative estimate of drug-likeness (QED) is 0.899. The Bertz CT molecular complexity index is 530. The van der Waals surface area contributed by atoms with Gasteiger partial charge in [-0.25, -0.2) is 15.0 Å². The lowest BCUT2D eigenvalue weighted by Gasteiger charge is -2.18. The zero-order valence-corrected chi connectivity index (χ0v) is 12.5. The maximum absolute atomic E-state index is 4.57. The molecule has 0 aromatic carbocycles. The fourth-order valence-electron chi connectivity index (χ4n) is 1.51. The molecule has 0 atom stereocenters. The highest BCUT2D eigenvalue weighted by atomic mass is 32.1. The molecule has 0 saturated carbocycles. The van der Waals surface area contributed by atoms with Gasteiger partial charge in [-0.15, -0.1) is 11.3 Å². The first-order valence-corrected chi connectivity index (χ1v) is 7.06. The van der Waals surface area contributed by atoms with Crippen molar-refractivity contribution in [1.82, 2.24) is 15.0 Å². The van der Waals surface area contributed by atoms with E-state index in [1.54, 1.807) is 17.5 Å². The summed E-state index contributed by atoms with van der Waals surface area (Å²) in [6, 6.07) is 1.91. The summed E-state index contributed by atoms with van der Waals surface area (Å²) in [5.41, 5.74) is -0.0789. The van der Waals surface area contributed by atoms with E-state index in [0.29, 0.717) is 6.54 Å². The van der Waals surface area contributed by atoms with Crippen molar-refractivity contribution >= 4 is 23.0 Å². The summed E-state index contributed by atoms with van der Waals surface area (Å²) in [6.07, 6.45) is 1.81. The normalized spacial score (nSPS) is 11.4. The first-order chi connectivity index (χ1) is 8.99. The number of rotatable bonds is 4. The zero-order valence-electron chi connectivity index (χ0n) is 11.7. The average Bonchev–Trinajstić information content (AvgIpc) is 2.88. The van der Waals surface area contributed by atoms with Gasteiger partial charge in [-0.3, -0.25) is 0 Å². The van der Waals surface area contributed by atoms with Crippen molar-refractivity contribution in [2.45, 2.75) is 32.7 Å². The SMILES string of the molecule is CNc1cc(NCc2nccs2)nc(C(C)(C)C)n1. The van der Waals surface area contributed by atoms with Gasteiger partial charge in [0.15, 0.2) is 0 Å².